The highest BCUT2D eigenvalue weighted by Gasteiger charge is 2.32. The molecule has 144 valence electrons. The molecule has 9 nitrogen and oxygen atoms in total. The Hall–Kier alpha value is -2.98. The minimum atomic E-state index is -0.524. The number of amides is 1. The fourth-order valence-electron chi connectivity index (χ4n) is 2.95. The first-order chi connectivity index (χ1) is 12.9. The van der Waals surface area contributed by atoms with Crippen LogP contribution in [0, 0.1) is 5.82 Å². The summed E-state index contributed by atoms with van der Waals surface area (Å²) in [6, 6.07) is 4.65. The average molecular weight is 375 g/mol. The van der Waals surface area contributed by atoms with E-state index in [0.29, 0.717) is 30.1 Å². The molecular weight excluding hydrogens is 353 g/mol. The van der Waals surface area contributed by atoms with Gasteiger partial charge in [-0.1, -0.05) is 12.1 Å². The third-order valence-corrected chi connectivity index (χ3v) is 4.30. The summed E-state index contributed by atoms with van der Waals surface area (Å²) < 4.78 is 19.8. The lowest BCUT2D eigenvalue weighted by Crippen LogP contribution is -2.31. The number of nitrogens with two attached hydrogens (primary N) is 3. The number of nitrogens with zero attached hydrogens (tertiary/aromatic N) is 4. The monoisotopic (exact) mass is 375 g/mol. The van der Waals surface area contributed by atoms with Crippen LogP contribution in [0.2, 0.25) is 0 Å². The van der Waals surface area contributed by atoms with Crippen molar-refractivity contribution in [2.24, 2.45) is 27.4 Å². The van der Waals surface area contributed by atoms with Crippen molar-refractivity contribution >= 4 is 23.3 Å². The third-order valence-electron chi connectivity index (χ3n) is 4.30. The van der Waals surface area contributed by atoms with Crippen LogP contribution >= 0.6 is 0 Å². The van der Waals surface area contributed by atoms with Gasteiger partial charge >= 0.3 is 6.09 Å². The zero-order valence-corrected chi connectivity index (χ0v) is 14.9. The van der Waals surface area contributed by atoms with Crippen molar-refractivity contribution in [3.05, 3.63) is 41.7 Å². The van der Waals surface area contributed by atoms with E-state index in [9.17, 15) is 9.18 Å². The molecule has 27 heavy (non-hydrogen) atoms. The molecule has 0 aliphatic carbocycles. The van der Waals surface area contributed by atoms with Crippen LogP contribution < -0.4 is 22.2 Å². The van der Waals surface area contributed by atoms with Gasteiger partial charge in [-0.3, -0.25) is 9.89 Å². The minimum Gasteiger partial charge on any atom is -0.443 e. The second-order valence-electron chi connectivity index (χ2n) is 6.31. The molecule has 2 atom stereocenters. The van der Waals surface area contributed by atoms with Gasteiger partial charge in [-0.05, 0) is 23.8 Å². The summed E-state index contributed by atoms with van der Waals surface area (Å²) in [5, 5.41) is 4.98. The summed E-state index contributed by atoms with van der Waals surface area (Å²) in [4.78, 5) is 17.6. The molecule has 1 fully saturated rings. The van der Waals surface area contributed by atoms with Gasteiger partial charge in [-0.15, -0.1) is 5.10 Å². The molecular formula is C17H22FN7O2. The van der Waals surface area contributed by atoms with Crippen molar-refractivity contribution in [3.8, 4) is 0 Å². The number of dihydropyridines is 1. The second kappa shape index (κ2) is 7.72. The van der Waals surface area contributed by atoms with E-state index in [-0.39, 0.29) is 24.4 Å². The molecule has 0 aromatic heterocycles. The first-order valence-electron chi connectivity index (χ1n) is 8.42. The highest BCUT2D eigenvalue weighted by molar-refractivity contribution is 6.45. The zero-order chi connectivity index (χ0) is 19.6. The number of anilines is 1. The van der Waals surface area contributed by atoms with E-state index in [2.05, 4.69) is 10.1 Å². The van der Waals surface area contributed by atoms with E-state index in [0.717, 1.165) is 5.12 Å². The van der Waals surface area contributed by atoms with Crippen molar-refractivity contribution in [1.29, 1.82) is 0 Å². The molecule has 0 saturated carbocycles. The number of ether oxygens (including phenoxy) is 1. The smallest absolute Gasteiger partial charge is 0.414 e. The minimum absolute atomic E-state index is 0.188. The van der Waals surface area contributed by atoms with Gasteiger partial charge < -0.3 is 16.2 Å². The summed E-state index contributed by atoms with van der Waals surface area (Å²) in [6.45, 7) is 0.856. The first kappa shape index (κ1) is 18.8. The Balaban J connectivity index is 1.74. The van der Waals surface area contributed by atoms with Crippen LogP contribution in [-0.2, 0) is 4.74 Å². The zero-order valence-electron chi connectivity index (χ0n) is 14.9. The molecule has 2 aliphatic heterocycles. The summed E-state index contributed by atoms with van der Waals surface area (Å²) >= 11 is 0. The molecule has 0 radical (unpaired) electrons. The maximum Gasteiger partial charge on any atom is 0.414 e. The van der Waals surface area contributed by atoms with Crippen molar-refractivity contribution < 1.29 is 13.9 Å². The highest BCUT2D eigenvalue weighted by atomic mass is 19.1. The van der Waals surface area contributed by atoms with Crippen LogP contribution in [0.1, 0.15) is 11.5 Å². The number of hydrogen-bond donors (Lipinski definition) is 3. The molecule has 2 unspecified atom stereocenters. The molecule has 3 rings (SSSR count). The molecule has 0 spiro atoms. The van der Waals surface area contributed by atoms with Crippen molar-refractivity contribution in [1.82, 2.24) is 5.12 Å². The van der Waals surface area contributed by atoms with Gasteiger partial charge in [0.25, 0.3) is 0 Å². The molecule has 6 N–H and O–H groups in total. The van der Waals surface area contributed by atoms with Gasteiger partial charge in [-0.2, -0.15) is 0 Å². The standard InChI is InChI=1S/C17H22FN7O2/c1-24(21)23-16(20)15-5-2-10(8-22-15)13-4-3-11(6-14(13)18)25-9-12(7-19)27-17(25)26/h2-6,10,12H,7-9,19,21H2,1H3,(H2,20,23). The number of hydrazine groups is 1. The molecule has 0 bridgehead atoms. The molecule has 2 aliphatic rings. The predicted molar refractivity (Wildman–Crippen MR) is 101 cm³/mol. The number of carbonyl (C=O) groups excluding carboxylic acids is 1. The SMILES string of the molecule is CN(N)/N=C(\N)C1=NCC(c2ccc(N3CC(CN)OC3=O)cc2F)C=C1. The fourth-order valence-corrected chi connectivity index (χ4v) is 2.95. The number of benzene rings is 1. The van der Waals surface area contributed by atoms with Gasteiger partial charge in [-0.25, -0.2) is 20.1 Å². The number of carbonyl (C=O) groups is 1. The molecule has 1 aromatic rings. The Morgan fingerprint density at radius 2 is 2.30 bits per heavy atom. The van der Waals surface area contributed by atoms with Gasteiger partial charge in [0, 0.05) is 19.5 Å². The topological polar surface area (TPSA) is 136 Å². The number of hydrogen-bond acceptors (Lipinski definition) is 7. The van der Waals surface area contributed by atoms with E-state index in [1.807, 2.05) is 6.08 Å². The molecule has 1 saturated heterocycles. The van der Waals surface area contributed by atoms with Gasteiger partial charge in [0.1, 0.15) is 17.6 Å². The third kappa shape index (κ3) is 4.07. The van der Waals surface area contributed by atoms with Gasteiger partial charge in [0.2, 0.25) is 0 Å². The van der Waals surface area contributed by atoms with Crippen molar-refractivity contribution in [2.75, 3.05) is 31.6 Å². The second-order valence-corrected chi connectivity index (χ2v) is 6.31. The quantitative estimate of drug-likeness (QED) is 0.293. The van der Waals surface area contributed by atoms with Crippen LogP contribution in [0.3, 0.4) is 0 Å². The lowest BCUT2D eigenvalue weighted by atomic mass is 9.95. The lowest BCUT2D eigenvalue weighted by Gasteiger charge is -2.19. The van der Waals surface area contributed by atoms with E-state index >= 15 is 0 Å². The predicted octanol–water partition coefficient (Wildman–Crippen LogP) is 0.282. The summed E-state index contributed by atoms with van der Waals surface area (Å²) in [5.74, 6) is 4.95. The average Bonchev–Trinajstić information content (AvgIpc) is 3.02. The maximum atomic E-state index is 14.7. The molecule has 1 amide bonds. The summed E-state index contributed by atoms with van der Waals surface area (Å²) in [5.41, 5.74) is 12.7. The first-order valence-corrected chi connectivity index (χ1v) is 8.42. The van der Waals surface area contributed by atoms with E-state index in [1.54, 1.807) is 25.3 Å². The van der Waals surface area contributed by atoms with Crippen molar-refractivity contribution in [2.45, 2.75) is 12.0 Å². The highest BCUT2D eigenvalue weighted by Crippen LogP contribution is 2.29. The largest absolute Gasteiger partial charge is 0.443 e. The van der Waals surface area contributed by atoms with Crippen LogP contribution in [0.4, 0.5) is 14.9 Å². The molecule has 2 heterocycles. The number of hydrazone groups is 1. The fraction of sp³-hybridized carbons (Fsp3) is 0.353. The Bertz CT molecular complexity index is 821. The lowest BCUT2D eigenvalue weighted by molar-refractivity contribution is 0.145. The van der Waals surface area contributed by atoms with Crippen molar-refractivity contribution in [3.63, 3.8) is 0 Å². The number of amidine groups is 1. The van der Waals surface area contributed by atoms with E-state index in [4.69, 9.17) is 22.0 Å². The number of cyclic esters (lactones) is 1. The van der Waals surface area contributed by atoms with E-state index in [1.165, 1.54) is 11.0 Å². The Labute approximate surface area is 155 Å². The molecule has 10 heteroatoms. The summed E-state index contributed by atoms with van der Waals surface area (Å²) in [7, 11) is 1.55. The van der Waals surface area contributed by atoms with Crippen LogP contribution in [0.5, 0.6) is 0 Å². The Morgan fingerprint density at radius 1 is 1.52 bits per heavy atom. The van der Waals surface area contributed by atoms with Crippen LogP contribution in [0.25, 0.3) is 0 Å². The van der Waals surface area contributed by atoms with Gasteiger partial charge in [0.05, 0.1) is 18.8 Å². The van der Waals surface area contributed by atoms with Crippen LogP contribution in [0.15, 0.2) is 40.4 Å². The Kier molecular flexibility index (Phi) is 5.38. The normalized spacial score (nSPS) is 22.7. The van der Waals surface area contributed by atoms with Gasteiger partial charge in [0.15, 0.2) is 5.84 Å². The number of halogens is 1. The summed E-state index contributed by atoms with van der Waals surface area (Å²) in [6.07, 6.45) is 2.60. The van der Waals surface area contributed by atoms with Crippen LogP contribution in [-0.4, -0.2) is 55.5 Å². The molecule has 1 aromatic carbocycles. The number of rotatable bonds is 5. The number of aliphatic imine (C=N–C) groups is 1. The maximum absolute atomic E-state index is 14.7. The Morgan fingerprint density at radius 3 is 2.85 bits per heavy atom. The van der Waals surface area contributed by atoms with E-state index < -0.39 is 11.9 Å².